The first-order valence-electron chi connectivity index (χ1n) is 7.37. The van der Waals surface area contributed by atoms with E-state index >= 15 is 0 Å². The largest absolute Gasteiger partial charge is 0.497 e. The second kappa shape index (κ2) is 8.10. The Hall–Kier alpha value is -2.89. The summed E-state index contributed by atoms with van der Waals surface area (Å²) in [6.07, 6.45) is -0.932. The molecule has 0 radical (unpaired) electrons. The van der Waals surface area contributed by atoms with E-state index in [-0.39, 0.29) is 6.42 Å². The number of halogens is 1. The number of carbonyl (C=O) groups excluding carboxylic acids is 2. The van der Waals surface area contributed by atoms with Crippen molar-refractivity contribution in [3.05, 3.63) is 59.9 Å². The lowest BCUT2D eigenvalue weighted by Gasteiger charge is -2.13. The van der Waals surface area contributed by atoms with Gasteiger partial charge in [0.05, 0.1) is 13.5 Å². The summed E-state index contributed by atoms with van der Waals surface area (Å²) in [6.45, 7) is 1.47. The number of esters is 1. The van der Waals surface area contributed by atoms with Crippen LogP contribution in [0.1, 0.15) is 12.5 Å². The van der Waals surface area contributed by atoms with Crippen molar-refractivity contribution in [2.45, 2.75) is 19.4 Å². The van der Waals surface area contributed by atoms with Crippen molar-refractivity contribution in [3.63, 3.8) is 0 Å². The molecule has 0 saturated heterocycles. The summed E-state index contributed by atoms with van der Waals surface area (Å²) < 4.78 is 23.0. The Morgan fingerprint density at radius 3 is 2.54 bits per heavy atom. The molecule has 1 amide bonds. The summed E-state index contributed by atoms with van der Waals surface area (Å²) in [7, 11) is 1.54. The van der Waals surface area contributed by atoms with E-state index in [2.05, 4.69) is 5.32 Å². The standard InChI is InChI=1S/C18H18FNO4/c1-12(18(22)20-15-8-6-14(19)7-9-15)24-17(21)11-13-4-3-5-16(10-13)23-2/h3-10,12H,11H2,1-2H3,(H,20,22)/t12-/m0/s1. The fourth-order valence-corrected chi connectivity index (χ4v) is 2.02. The van der Waals surface area contributed by atoms with Crippen LogP contribution in [0.2, 0.25) is 0 Å². The van der Waals surface area contributed by atoms with E-state index < -0.39 is 23.8 Å². The molecule has 0 fully saturated rings. The predicted molar refractivity (Wildman–Crippen MR) is 87.3 cm³/mol. The van der Waals surface area contributed by atoms with Crippen LogP contribution < -0.4 is 10.1 Å². The third-order valence-electron chi connectivity index (χ3n) is 3.27. The molecular formula is C18H18FNO4. The van der Waals surface area contributed by atoms with E-state index in [9.17, 15) is 14.0 Å². The minimum Gasteiger partial charge on any atom is -0.497 e. The van der Waals surface area contributed by atoms with Crippen LogP contribution in [-0.4, -0.2) is 25.1 Å². The van der Waals surface area contributed by atoms with Crippen molar-refractivity contribution in [2.24, 2.45) is 0 Å². The van der Waals surface area contributed by atoms with Gasteiger partial charge in [-0.15, -0.1) is 0 Å². The highest BCUT2D eigenvalue weighted by atomic mass is 19.1. The minimum absolute atomic E-state index is 0.0331. The molecule has 0 saturated carbocycles. The van der Waals surface area contributed by atoms with Crippen LogP contribution >= 0.6 is 0 Å². The van der Waals surface area contributed by atoms with E-state index in [4.69, 9.17) is 9.47 Å². The van der Waals surface area contributed by atoms with E-state index in [0.29, 0.717) is 11.4 Å². The van der Waals surface area contributed by atoms with Crippen LogP contribution in [-0.2, 0) is 20.7 Å². The molecule has 0 aliphatic heterocycles. The Bertz CT molecular complexity index is 715. The molecule has 0 bridgehead atoms. The zero-order chi connectivity index (χ0) is 17.5. The summed E-state index contributed by atoms with van der Waals surface area (Å²) in [5.74, 6) is -0.765. The molecule has 0 heterocycles. The van der Waals surface area contributed by atoms with Crippen LogP contribution in [0.4, 0.5) is 10.1 Å². The van der Waals surface area contributed by atoms with Gasteiger partial charge in [-0.3, -0.25) is 9.59 Å². The molecule has 0 spiro atoms. The zero-order valence-electron chi connectivity index (χ0n) is 13.4. The normalized spacial score (nSPS) is 11.5. The summed E-state index contributed by atoms with van der Waals surface area (Å²) in [4.78, 5) is 23.9. The molecule has 6 heteroatoms. The van der Waals surface area contributed by atoms with E-state index in [0.717, 1.165) is 5.56 Å². The van der Waals surface area contributed by atoms with Crippen LogP contribution in [0, 0.1) is 5.82 Å². The van der Waals surface area contributed by atoms with Crippen molar-refractivity contribution >= 4 is 17.6 Å². The number of benzene rings is 2. The maximum Gasteiger partial charge on any atom is 0.311 e. The Balaban J connectivity index is 1.88. The Morgan fingerprint density at radius 2 is 1.88 bits per heavy atom. The van der Waals surface area contributed by atoms with Gasteiger partial charge in [-0.05, 0) is 48.9 Å². The number of hydrogen-bond donors (Lipinski definition) is 1. The molecule has 1 N–H and O–H groups in total. The maximum atomic E-state index is 12.8. The second-order valence-corrected chi connectivity index (χ2v) is 5.16. The van der Waals surface area contributed by atoms with Gasteiger partial charge in [0.25, 0.3) is 5.91 Å². The van der Waals surface area contributed by atoms with Crippen molar-refractivity contribution in [1.29, 1.82) is 0 Å². The smallest absolute Gasteiger partial charge is 0.311 e. The van der Waals surface area contributed by atoms with Crippen LogP contribution in [0.15, 0.2) is 48.5 Å². The lowest BCUT2D eigenvalue weighted by atomic mass is 10.1. The van der Waals surface area contributed by atoms with Gasteiger partial charge >= 0.3 is 5.97 Å². The summed E-state index contributed by atoms with van der Waals surface area (Å²) in [5.41, 5.74) is 1.16. The number of methoxy groups -OCH3 is 1. The van der Waals surface area contributed by atoms with E-state index in [1.165, 1.54) is 31.2 Å². The topological polar surface area (TPSA) is 64.6 Å². The van der Waals surface area contributed by atoms with Gasteiger partial charge in [0, 0.05) is 5.69 Å². The van der Waals surface area contributed by atoms with Crippen LogP contribution in [0.25, 0.3) is 0 Å². The van der Waals surface area contributed by atoms with Gasteiger partial charge in [-0.1, -0.05) is 12.1 Å². The number of hydrogen-bond acceptors (Lipinski definition) is 4. The van der Waals surface area contributed by atoms with Gasteiger partial charge in [0.1, 0.15) is 11.6 Å². The molecule has 0 unspecified atom stereocenters. The molecule has 0 aliphatic carbocycles. The molecule has 24 heavy (non-hydrogen) atoms. The summed E-state index contributed by atoms with van der Waals surface area (Å²) in [5, 5.41) is 2.55. The SMILES string of the molecule is COc1cccc(CC(=O)O[C@@H](C)C(=O)Nc2ccc(F)cc2)c1. The fourth-order valence-electron chi connectivity index (χ4n) is 2.02. The average Bonchev–Trinajstić information content (AvgIpc) is 2.56. The van der Waals surface area contributed by atoms with Crippen molar-refractivity contribution in [2.75, 3.05) is 12.4 Å². The molecule has 0 aromatic heterocycles. The number of amides is 1. The number of anilines is 1. The quantitative estimate of drug-likeness (QED) is 0.827. The lowest BCUT2D eigenvalue weighted by molar-refractivity contribution is -0.152. The molecule has 1 atom stereocenters. The first-order chi connectivity index (χ1) is 11.5. The first kappa shape index (κ1) is 17.5. The van der Waals surface area contributed by atoms with Gasteiger partial charge in [0.15, 0.2) is 6.10 Å². The monoisotopic (exact) mass is 331 g/mol. The predicted octanol–water partition coefficient (Wildman–Crippen LogP) is 2.95. The van der Waals surface area contributed by atoms with Gasteiger partial charge in [-0.25, -0.2) is 4.39 Å². The number of ether oxygens (including phenoxy) is 2. The van der Waals surface area contributed by atoms with Crippen molar-refractivity contribution in [3.8, 4) is 5.75 Å². The maximum absolute atomic E-state index is 12.8. The second-order valence-electron chi connectivity index (χ2n) is 5.16. The number of nitrogens with one attached hydrogen (secondary N) is 1. The number of carbonyl (C=O) groups is 2. The van der Waals surface area contributed by atoms with E-state index in [1.54, 1.807) is 31.4 Å². The summed E-state index contributed by atoms with van der Waals surface area (Å²) in [6, 6.07) is 12.4. The Labute approximate surface area is 139 Å². The molecule has 5 nitrogen and oxygen atoms in total. The number of rotatable bonds is 6. The van der Waals surface area contributed by atoms with Gasteiger partial charge in [0.2, 0.25) is 0 Å². The highest BCUT2D eigenvalue weighted by Crippen LogP contribution is 2.14. The van der Waals surface area contributed by atoms with Crippen LogP contribution in [0.3, 0.4) is 0 Å². The van der Waals surface area contributed by atoms with Gasteiger partial charge < -0.3 is 14.8 Å². The average molecular weight is 331 g/mol. The third-order valence-corrected chi connectivity index (χ3v) is 3.27. The fraction of sp³-hybridized carbons (Fsp3) is 0.222. The molecule has 126 valence electrons. The van der Waals surface area contributed by atoms with Crippen molar-refractivity contribution in [1.82, 2.24) is 0 Å². The van der Waals surface area contributed by atoms with Gasteiger partial charge in [-0.2, -0.15) is 0 Å². The third kappa shape index (κ3) is 5.08. The molecule has 2 aromatic carbocycles. The molecule has 2 rings (SSSR count). The summed E-state index contributed by atoms with van der Waals surface area (Å²) >= 11 is 0. The molecule has 0 aliphatic rings. The van der Waals surface area contributed by atoms with Crippen LogP contribution in [0.5, 0.6) is 5.75 Å². The molecular weight excluding hydrogens is 313 g/mol. The first-order valence-corrected chi connectivity index (χ1v) is 7.37. The van der Waals surface area contributed by atoms with Crippen molar-refractivity contribution < 1.29 is 23.5 Å². The Morgan fingerprint density at radius 1 is 1.17 bits per heavy atom. The zero-order valence-corrected chi connectivity index (χ0v) is 13.4. The molecule has 2 aromatic rings. The highest BCUT2D eigenvalue weighted by Gasteiger charge is 2.18. The highest BCUT2D eigenvalue weighted by molar-refractivity contribution is 5.95. The Kier molecular flexibility index (Phi) is 5.89. The lowest BCUT2D eigenvalue weighted by Crippen LogP contribution is -2.30. The minimum atomic E-state index is -0.965. The van der Waals surface area contributed by atoms with E-state index in [1.807, 2.05) is 0 Å².